The van der Waals surface area contributed by atoms with Gasteiger partial charge in [0.25, 0.3) is 5.91 Å². The van der Waals surface area contributed by atoms with Crippen LogP contribution in [0.1, 0.15) is 54.1 Å². The van der Waals surface area contributed by atoms with Crippen molar-refractivity contribution in [2.45, 2.75) is 46.5 Å². The number of rotatable bonds is 2. The molecular weight excluding hydrogens is 328 g/mol. The molecule has 0 bridgehead atoms. The summed E-state index contributed by atoms with van der Waals surface area (Å²) in [4.78, 5) is 29.3. The van der Waals surface area contributed by atoms with Crippen molar-refractivity contribution in [3.63, 3.8) is 0 Å². The van der Waals surface area contributed by atoms with Crippen LogP contribution in [-0.4, -0.2) is 52.9 Å². The zero-order valence-corrected chi connectivity index (χ0v) is 16.1. The van der Waals surface area contributed by atoms with Gasteiger partial charge in [-0.15, -0.1) is 0 Å². The number of aryl methyl sites for hydroxylation is 1. The van der Waals surface area contributed by atoms with Gasteiger partial charge in [-0.2, -0.15) is 0 Å². The molecule has 0 spiro atoms. The number of benzene rings is 1. The molecule has 2 aliphatic heterocycles. The third-order valence-corrected chi connectivity index (χ3v) is 6.16. The van der Waals surface area contributed by atoms with Gasteiger partial charge >= 0.3 is 0 Å². The summed E-state index contributed by atoms with van der Waals surface area (Å²) in [6.07, 6.45) is 3.61. The van der Waals surface area contributed by atoms with E-state index in [4.69, 9.17) is 0 Å². The van der Waals surface area contributed by atoms with Gasteiger partial charge in [-0.3, -0.25) is 9.59 Å². The van der Waals surface area contributed by atoms with Crippen molar-refractivity contribution in [3.05, 3.63) is 28.8 Å². The van der Waals surface area contributed by atoms with Gasteiger partial charge in [-0.05, 0) is 62.6 Å². The van der Waals surface area contributed by atoms with Crippen LogP contribution in [0.15, 0.2) is 12.1 Å². The predicted octanol–water partition coefficient (Wildman–Crippen LogP) is 3.12. The summed E-state index contributed by atoms with van der Waals surface area (Å²) in [6.45, 7) is 8.88. The second kappa shape index (κ2) is 7.68. The van der Waals surface area contributed by atoms with Crippen molar-refractivity contribution in [1.82, 2.24) is 9.80 Å². The maximum Gasteiger partial charge on any atom is 0.257 e. The highest BCUT2D eigenvalue weighted by molar-refractivity contribution is 5.97. The molecule has 0 radical (unpaired) electrons. The Kier molecular flexibility index (Phi) is 5.54. The van der Waals surface area contributed by atoms with Gasteiger partial charge < -0.3 is 14.9 Å². The van der Waals surface area contributed by atoms with E-state index in [1.54, 1.807) is 11.0 Å². The number of carbonyl (C=O) groups is 2. The summed E-state index contributed by atoms with van der Waals surface area (Å²) >= 11 is 0. The maximum atomic E-state index is 12.8. The summed E-state index contributed by atoms with van der Waals surface area (Å²) in [7, 11) is 0. The molecular formula is C21H30N2O3. The topological polar surface area (TPSA) is 60.9 Å². The quantitative estimate of drug-likeness (QED) is 0.884. The van der Waals surface area contributed by atoms with Crippen LogP contribution < -0.4 is 0 Å². The molecule has 26 heavy (non-hydrogen) atoms. The van der Waals surface area contributed by atoms with Crippen molar-refractivity contribution < 1.29 is 14.7 Å². The molecule has 2 aliphatic rings. The molecule has 0 aromatic heterocycles. The Hall–Kier alpha value is -2.04. The highest BCUT2D eigenvalue weighted by Gasteiger charge is 2.32. The monoisotopic (exact) mass is 358 g/mol. The Morgan fingerprint density at radius 1 is 0.962 bits per heavy atom. The molecule has 1 N–H and O–H groups in total. The van der Waals surface area contributed by atoms with E-state index in [9.17, 15) is 14.7 Å². The maximum absolute atomic E-state index is 12.8. The molecule has 1 aromatic rings. The molecule has 2 amide bonds. The van der Waals surface area contributed by atoms with Crippen molar-refractivity contribution in [2.75, 3.05) is 26.2 Å². The predicted molar refractivity (Wildman–Crippen MR) is 101 cm³/mol. The molecule has 5 heteroatoms. The molecule has 1 aromatic carbocycles. The fraction of sp³-hybridized carbons (Fsp3) is 0.619. The van der Waals surface area contributed by atoms with E-state index in [1.165, 1.54) is 0 Å². The second-order valence-corrected chi connectivity index (χ2v) is 7.98. The van der Waals surface area contributed by atoms with Crippen LogP contribution >= 0.6 is 0 Å². The van der Waals surface area contributed by atoms with Crippen LogP contribution in [0.3, 0.4) is 0 Å². The summed E-state index contributed by atoms with van der Waals surface area (Å²) in [5, 5.41) is 10.3. The van der Waals surface area contributed by atoms with Gasteiger partial charge in [0.1, 0.15) is 5.75 Å². The molecule has 3 rings (SSSR count). The average Bonchev–Trinajstić information content (AvgIpc) is 2.66. The first-order valence-electron chi connectivity index (χ1n) is 9.75. The number of hydrogen-bond donors (Lipinski definition) is 1. The van der Waals surface area contributed by atoms with Gasteiger partial charge in [-0.25, -0.2) is 0 Å². The van der Waals surface area contributed by atoms with Crippen LogP contribution in [-0.2, 0) is 4.79 Å². The first-order chi connectivity index (χ1) is 12.4. The zero-order valence-electron chi connectivity index (χ0n) is 16.1. The van der Waals surface area contributed by atoms with Crippen LogP contribution in [0, 0.1) is 25.7 Å². The number of phenols is 1. The number of nitrogens with zero attached hydrogens (tertiary/aromatic N) is 2. The van der Waals surface area contributed by atoms with Gasteiger partial charge in [-0.1, -0.05) is 13.0 Å². The number of piperidine rings is 2. The molecule has 2 fully saturated rings. The van der Waals surface area contributed by atoms with E-state index in [0.717, 1.165) is 37.1 Å². The Morgan fingerprint density at radius 2 is 1.54 bits per heavy atom. The molecule has 0 atom stereocenters. The standard InChI is InChI=1S/C21H30N2O3/c1-14-6-10-22(11-7-14)20(25)17-8-12-23(13-9-17)21(26)18-5-4-15(2)16(3)19(18)24/h4-5,14,17,24H,6-13H2,1-3H3. The zero-order chi connectivity index (χ0) is 18.8. The Bertz CT molecular complexity index is 685. The minimum atomic E-state index is -0.136. The van der Waals surface area contributed by atoms with Gasteiger partial charge in [0.2, 0.25) is 5.91 Å². The highest BCUT2D eigenvalue weighted by Crippen LogP contribution is 2.28. The fourth-order valence-corrected chi connectivity index (χ4v) is 3.96. The molecule has 2 saturated heterocycles. The van der Waals surface area contributed by atoms with Gasteiger partial charge in [0, 0.05) is 32.1 Å². The number of amides is 2. The van der Waals surface area contributed by atoms with Crippen molar-refractivity contribution in [1.29, 1.82) is 0 Å². The summed E-state index contributed by atoms with van der Waals surface area (Å²) < 4.78 is 0. The Morgan fingerprint density at radius 3 is 2.15 bits per heavy atom. The second-order valence-electron chi connectivity index (χ2n) is 7.98. The fourth-order valence-electron chi connectivity index (χ4n) is 3.96. The normalized spacial score (nSPS) is 19.7. The third kappa shape index (κ3) is 3.71. The molecule has 5 nitrogen and oxygen atoms in total. The van der Waals surface area contributed by atoms with Crippen molar-refractivity contribution >= 4 is 11.8 Å². The van der Waals surface area contributed by atoms with Crippen molar-refractivity contribution in [2.24, 2.45) is 11.8 Å². The number of carbonyl (C=O) groups excluding carboxylic acids is 2. The third-order valence-electron chi connectivity index (χ3n) is 6.16. The lowest BCUT2D eigenvalue weighted by molar-refractivity contribution is -0.138. The number of hydrogen-bond acceptors (Lipinski definition) is 3. The number of phenolic OH excluding ortho intramolecular Hbond substituents is 1. The van der Waals surface area contributed by atoms with E-state index >= 15 is 0 Å². The molecule has 2 heterocycles. The summed E-state index contributed by atoms with van der Waals surface area (Å²) in [6, 6.07) is 3.57. The first kappa shape index (κ1) is 18.7. The largest absolute Gasteiger partial charge is 0.507 e. The Labute approximate surface area is 156 Å². The van der Waals surface area contributed by atoms with Gasteiger partial charge in [0.15, 0.2) is 0 Å². The molecule has 0 aliphatic carbocycles. The molecule has 0 unspecified atom stereocenters. The summed E-state index contributed by atoms with van der Waals surface area (Å²) in [5.74, 6) is 0.946. The van der Waals surface area contributed by atoms with E-state index < -0.39 is 0 Å². The van der Waals surface area contributed by atoms with E-state index in [-0.39, 0.29) is 23.5 Å². The number of aromatic hydroxyl groups is 1. The van der Waals surface area contributed by atoms with E-state index in [0.29, 0.717) is 37.4 Å². The van der Waals surface area contributed by atoms with Crippen molar-refractivity contribution in [3.8, 4) is 5.75 Å². The minimum absolute atomic E-state index is 0.0285. The lowest BCUT2D eigenvalue weighted by Gasteiger charge is -2.36. The average molecular weight is 358 g/mol. The van der Waals surface area contributed by atoms with Crippen LogP contribution in [0.25, 0.3) is 0 Å². The van der Waals surface area contributed by atoms with Gasteiger partial charge in [0.05, 0.1) is 5.56 Å². The van der Waals surface area contributed by atoms with Crippen LogP contribution in [0.4, 0.5) is 0 Å². The molecule has 142 valence electrons. The first-order valence-corrected chi connectivity index (χ1v) is 9.75. The smallest absolute Gasteiger partial charge is 0.257 e. The lowest BCUT2D eigenvalue weighted by Crippen LogP contribution is -2.46. The van der Waals surface area contributed by atoms with E-state index in [1.807, 2.05) is 24.8 Å². The summed E-state index contributed by atoms with van der Waals surface area (Å²) in [5.41, 5.74) is 2.09. The van der Waals surface area contributed by atoms with Crippen LogP contribution in [0.5, 0.6) is 5.75 Å². The van der Waals surface area contributed by atoms with E-state index in [2.05, 4.69) is 6.92 Å². The molecule has 0 saturated carbocycles. The number of likely N-dealkylation sites (tertiary alicyclic amines) is 2. The van der Waals surface area contributed by atoms with Crippen LogP contribution in [0.2, 0.25) is 0 Å². The lowest BCUT2D eigenvalue weighted by atomic mass is 9.92. The SMILES string of the molecule is Cc1ccc(C(=O)N2CCC(C(=O)N3CCC(C)CC3)CC2)c(O)c1C. The highest BCUT2D eigenvalue weighted by atomic mass is 16.3. The minimum Gasteiger partial charge on any atom is -0.507 e. The Balaban J connectivity index is 1.59.